The minimum Gasteiger partial charge on any atom is -0.478 e. The summed E-state index contributed by atoms with van der Waals surface area (Å²) in [6, 6.07) is 3.22. The van der Waals surface area contributed by atoms with Gasteiger partial charge in [-0.05, 0) is 18.2 Å². The zero-order valence-electron chi connectivity index (χ0n) is 9.25. The number of carboxylic acids is 1. The predicted molar refractivity (Wildman–Crippen MR) is 58.7 cm³/mol. The fourth-order valence-electron chi connectivity index (χ4n) is 1.71. The number of benzene rings is 2. The molecule has 0 fully saturated rings. The third-order valence-corrected chi connectivity index (χ3v) is 2.49. The summed E-state index contributed by atoms with van der Waals surface area (Å²) < 4.78 is 53.1. The largest absolute Gasteiger partial charge is 0.478 e. The van der Waals surface area contributed by atoms with E-state index in [-0.39, 0.29) is 0 Å². The molecule has 2 nitrogen and oxygen atoms in total. The first kappa shape index (κ1) is 13.1. The fourth-order valence-corrected chi connectivity index (χ4v) is 1.71. The minimum atomic E-state index is -1.47. The molecular weight excluding hydrogens is 264 g/mol. The van der Waals surface area contributed by atoms with Crippen molar-refractivity contribution in [2.45, 2.75) is 0 Å². The van der Waals surface area contributed by atoms with Crippen LogP contribution in [0.1, 0.15) is 10.4 Å². The van der Waals surface area contributed by atoms with Gasteiger partial charge in [0.05, 0.1) is 11.1 Å². The Labute approximate surface area is 104 Å². The van der Waals surface area contributed by atoms with Crippen molar-refractivity contribution in [1.82, 2.24) is 0 Å². The van der Waals surface area contributed by atoms with Crippen LogP contribution in [0, 0.1) is 23.3 Å². The summed E-state index contributed by atoms with van der Waals surface area (Å²) in [5, 5.41) is 8.91. The highest BCUT2D eigenvalue weighted by Crippen LogP contribution is 2.30. The second kappa shape index (κ2) is 4.72. The van der Waals surface area contributed by atoms with E-state index in [1.165, 1.54) is 0 Å². The van der Waals surface area contributed by atoms with Crippen molar-refractivity contribution < 1.29 is 27.5 Å². The van der Waals surface area contributed by atoms with Gasteiger partial charge in [-0.15, -0.1) is 0 Å². The van der Waals surface area contributed by atoms with Crippen LogP contribution in [0.4, 0.5) is 17.6 Å². The fraction of sp³-hybridized carbons (Fsp3) is 0. The molecule has 0 aliphatic carbocycles. The van der Waals surface area contributed by atoms with E-state index in [4.69, 9.17) is 5.11 Å². The van der Waals surface area contributed by atoms with Crippen LogP contribution >= 0.6 is 0 Å². The molecule has 0 spiro atoms. The number of hydrogen-bond donors (Lipinski definition) is 1. The molecule has 0 saturated heterocycles. The zero-order valence-corrected chi connectivity index (χ0v) is 9.25. The Morgan fingerprint density at radius 2 is 1.47 bits per heavy atom. The van der Waals surface area contributed by atoms with E-state index in [1.54, 1.807) is 0 Å². The molecule has 98 valence electrons. The molecule has 0 atom stereocenters. The molecule has 19 heavy (non-hydrogen) atoms. The lowest BCUT2D eigenvalue weighted by atomic mass is 9.98. The Morgan fingerprint density at radius 1 is 0.895 bits per heavy atom. The van der Waals surface area contributed by atoms with Gasteiger partial charge >= 0.3 is 5.97 Å². The van der Waals surface area contributed by atoms with Crippen molar-refractivity contribution in [2.24, 2.45) is 0 Å². The number of carboxylic acid groups (broad SMARTS) is 1. The summed E-state index contributed by atoms with van der Waals surface area (Å²) in [7, 11) is 0. The van der Waals surface area contributed by atoms with Gasteiger partial charge < -0.3 is 5.11 Å². The lowest BCUT2D eigenvalue weighted by Gasteiger charge is -2.09. The van der Waals surface area contributed by atoms with Gasteiger partial charge in [-0.2, -0.15) is 0 Å². The van der Waals surface area contributed by atoms with Crippen molar-refractivity contribution in [3.05, 3.63) is 59.2 Å². The molecule has 1 N–H and O–H groups in total. The highest BCUT2D eigenvalue weighted by atomic mass is 19.1. The summed E-state index contributed by atoms with van der Waals surface area (Å²) in [4.78, 5) is 11.0. The van der Waals surface area contributed by atoms with Gasteiger partial charge in [0.25, 0.3) is 0 Å². The van der Waals surface area contributed by atoms with E-state index in [9.17, 15) is 22.4 Å². The molecule has 0 heterocycles. The van der Waals surface area contributed by atoms with E-state index >= 15 is 0 Å². The standard InChI is InChI=1S/C13H6F4O2/c14-6-1-2-8(13(18)19)9(3-6)12-10(16)4-7(15)5-11(12)17/h1-5H,(H,18,19). The highest BCUT2D eigenvalue weighted by Gasteiger charge is 2.20. The first-order valence-corrected chi connectivity index (χ1v) is 5.08. The molecule has 0 unspecified atom stereocenters. The highest BCUT2D eigenvalue weighted by molar-refractivity contribution is 5.96. The van der Waals surface area contributed by atoms with Gasteiger partial charge in [-0.25, -0.2) is 22.4 Å². The Hall–Kier alpha value is -2.37. The monoisotopic (exact) mass is 270 g/mol. The van der Waals surface area contributed by atoms with E-state index < -0.39 is 45.9 Å². The van der Waals surface area contributed by atoms with Gasteiger partial charge in [0, 0.05) is 17.7 Å². The van der Waals surface area contributed by atoms with Gasteiger partial charge in [-0.3, -0.25) is 0 Å². The average Bonchev–Trinajstić information content (AvgIpc) is 2.27. The second-order valence-electron chi connectivity index (χ2n) is 3.74. The van der Waals surface area contributed by atoms with Gasteiger partial charge in [0.15, 0.2) is 0 Å². The maximum absolute atomic E-state index is 13.6. The SMILES string of the molecule is O=C(O)c1ccc(F)cc1-c1c(F)cc(F)cc1F. The van der Waals surface area contributed by atoms with Crippen LogP contribution in [0.2, 0.25) is 0 Å². The molecule has 0 bridgehead atoms. The van der Waals surface area contributed by atoms with Crippen LogP contribution in [0.5, 0.6) is 0 Å². The van der Waals surface area contributed by atoms with Gasteiger partial charge in [-0.1, -0.05) is 0 Å². The van der Waals surface area contributed by atoms with Crippen LogP contribution < -0.4 is 0 Å². The maximum atomic E-state index is 13.6. The summed E-state index contributed by atoms with van der Waals surface area (Å²) in [6.07, 6.45) is 0. The normalized spacial score (nSPS) is 10.5. The van der Waals surface area contributed by atoms with Crippen LogP contribution in [-0.4, -0.2) is 11.1 Å². The van der Waals surface area contributed by atoms with E-state index in [2.05, 4.69) is 0 Å². The van der Waals surface area contributed by atoms with Crippen molar-refractivity contribution >= 4 is 5.97 Å². The Kier molecular flexibility index (Phi) is 3.25. The number of halogens is 4. The van der Waals surface area contributed by atoms with Crippen LogP contribution in [0.15, 0.2) is 30.3 Å². The molecule has 0 aromatic heterocycles. The molecule has 0 saturated carbocycles. The summed E-state index contributed by atoms with van der Waals surface area (Å²) in [5.74, 6) is -6.08. The molecular formula is C13H6F4O2. The van der Waals surface area contributed by atoms with Crippen molar-refractivity contribution in [2.75, 3.05) is 0 Å². The van der Waals surface area contributed by atoms with E-state index in [0.29, 0.717) is 18.2 Å². The first-order chi connectivity index (χ1) is 8.90. The summed E-state index contributed by atoms with van der Waals surface area (Å²) >= 11 is 0. The molecule has 0 radical (unpaired) electrons. The molecule has 2 rings (SSSR count). The quantitative estimate of drug-likeness (QED) is 0.846. The summed E-state index contributed by atoms with van der Waals surface area (Å²) in [6.45, 7) is 0. The number of rotatable bonds is 2. The number of aromatic carboxylic acids is 1. The Bertz CT molecular complexity index is 645. The second-order valence-corrected chi connectivity index (χ2v) is 3.74. The molecule has 0 aliphatic rings. The van der Waals surface area contributed by atoms with Crippen molar-refractivity contribution in [3.63, 3.8) is 0 Å². The molecule has 2 aromatic carbocycles. The lowest BCUT2D eigenvalue weighted by Crippen LogP contribution is -2.03. The van der Waals surface area contributed by atoms with Crippen LogP contribution in [-0.2, 0) is 0 Å². The summed E-state index contributed by atoms with van der Waals surface area (Å²) in [5.41, 5.74) is -1.74. The van der Waals surface area contributed by atoms with Crippen molar-refractivity contribution in [1.29, 1.82) is 0 Å². The first-order valence-electron chi connectivity index (χ1n) is 5.08. The van der Waals surface area contributed by atoms with E-state index in [1.807, 2.05) is 0 Å². The molecule has 6 heteroatoms. The third kappa shape index (κ3) is 2.42. The van der Waals surface area contributed by atoms with Crippen molar-refractivity contribution in [3.8, 4) is 11.1 Å². The minimum absolute atomic E-state index is 0.398. The maximum Gasteiger partial charge on any atom is 0.336 e. The van der Waals surface area contributed by atoms with Gasteiger partial charge in [0.1, 0.15) is 23.3 Å². The van der Waals surface area contributed by atoms with Crippen LogP contribution in [0.25, 0.3) is 11.1 Å². The van der Waals surface area contributed by atoms with Crippen LogP contribution in [0.3, 0.4) is 0 Å². The molecule has 2 aromatic rings. The molecule has 0 amide bonds. The Morgan fingerprint density at radius 3 is 2.00 bits per heavy atom. The smallest absolute Gasteiger partial charge is 0.336 e. The predicted octanol–water partition coefficient (Wildman–Crippen LogP) is 3.61. The third-order valence-electron chi connectivity index (χ3n) is 2.49. The zero-order chi connectivity index (χ0) is 14.2. The lowest BCUT2D eigenvalue weighted by molar-refractivity contribution is 0.0697. The molecule has 0 aliphatic heterocycles. The van der Waals surface area contributed by atoms with Gasteiger partial charge in [0.2, 0.25) is 0 Å². The number of carbonyl (C=O) groups is 1. The van der Waals surface area contributed by atoms with E-state index in [0.717, 1.165) is 12.1 Å². The Balaban J connectivity index is 2.78. The average molecular weight is 270 g/mol. The topological polar surface area (TPSA) is 37.3 Å². The number of hydrogen-bond acceptors (Lipinski definition) is 1.